The Kier molecular flexibility index (Phi) is 9.99. The summed E-state index contributed by atoms with van der Waals surface area (Å²) >= 11 is 0. The van der Waals surface area contributed by atoms with Gasteiger partial charge in [-0.05, 0) is 80.3 Å². The number of piperidine rings is 1. The Morgan fingerprint density at radius 3 is 2.52 bits per heavy atom. The zero-order valence-electron chi connectivity index (χ0n) is 23.3. The number of nitrogens with one attached hydrogen (secondary N) is 1. The maximum atomic E-state index is 11.4. The van der Waals surface area contributed by atoms with E-state index in [1.165, 1.54) is 14.2 Å². The molecular formula is C30H41NO9. The molecule has 10 heteroatoms. The SMILES string of the molecule is COc1cc(CC[C@H]2C[C@H](O)C[C@H](c3cc(OC)c(O)c(OC[C@@H]4N[C@@H](C)CC[C@@H]4CC(=O)O)c3)O2)ccc1O. The Morgan fingerprint density at radius 2 is 1.80 bits per heavy atom. The molecule has 0 amide bonds. The van der Waals surface area contributed by atoms with Crippen LogP contribution in [-0.4, -0.2) is 71.5 Å². The van der Waals surface area contributed by atoms with Crippen LogP contribution in [0.5, 0.6) is 28.7 Å². The molecule has 0 unspecified atom stereocenters. The van der Waals surface area contributed by atoms with Crippen molar-refractivity contribution in [3.05, 3.63) is 41.5 Å². The Labute approximate surface area is 234 Å². The second-order valence-corrected chi connectivity index (χ2v) is 10.9. The third kappa shape index (κ3) is 7.50. The molecular weight excluding hydrogens is 518 g/mol. The van der Waals surface area contributed by atoms with Crippen LogP contribution in [0.2, 0.25) is 0 Å². The number of phenols is 2. The molecule has 220 valence electrons. The topological polar surface area (TPSA) is 147 Å². The molecule has 0 radical (unpaired) electrons. The van der Waals surface area contributed by atoms with Crippen LogP contribution < -0.4 is 19.5 Å². The molecule has 4 rings (SSSR count). The van der Waals surface area contributed by atoms with E-state index in [0.717, 1.165) is 18.4 Å². The molecule has 2 aromatic carbocycles. The van der Waals surface area contributed by atoms with Crippen molar-refractivity contribution in [2.45, 2.75) is 82.3 Å². The van der Waals surface area contributed by atoms with Gasteiger partial charge in [-0.25, -0.2) is 0 Å². The summed E-state index contributed by atoms with van der Waals surface area (Å²) in [5.74, 6) is -0.107. The predicted octanol–water partition coefficient (Wildman–Crippen LogP) is 3.94. The van der Waals surface area contributed by atoms with Crippen molar-refractivity contribution in [3.8, 4) is 28.7 Å². The van der Waals surface area contributed by atoms with E-state index in [1.807, 2.05) is 6.07 Å². The van der Waals surface area contributed by atoms with Crippen molar-refractivity contribution in [2.24, 2.45) is 5.92 Å². The van der Waals surface area contributed by atoms with Gasteiger partial charge in [0.15, 0.2) is 23.0 Å². The van der Waals surface area contributed by atoms with E-state index >= 15 is 0 Å². The Balaban J connectivity index is 1.46. The van der Waals surface area contributed by atoms with E-state index in [9.17, 15) is 25.2 Å². The number of carboxylic acids is 1. The number of carbonyl (C=O) groups is 1. The summed E-state index contributed by atoms with van der Waals surface area (Å²) < 4.78 is 23.1. The van der Waals surface area contributed by atoms with Gasteiger partial charge in [0.25, 0.3) is 0 Å². The van der Waals surface area contributed by atoms with Crippen LogP contribution >= 0.6 is 0 Å². The lowest BCUT2D eigenvalue weighted by molar-refractivity contribution is -0.138. The van der Waals surface area contributed by atoms with Gasteiger partial charge >= 0.3 is 5.97 Å². The maximum absolute atomic E-state index is 11.4. The third-order valence-corrected chi connectivity index (χ3v) is 7.92. The standard InChI is InChI=1S/C30H41NO9/c1-17-4-7-19(13-29(34)35)23(31-17)16-39-28-12-20(11-27(38-3)30(28)36)25-15-21(32)14-22(40-25)8-5-18-6-9-24(33)26(10-18)37-2/h6,9-12,17,19,21-23,25,31-33,36H,4-5,7-8,13-16H2,1-3H3,(H,34,35)/t17-,19+,21-,22-,23-,25+/m0/s1. The summed E-state index contributed by atoms with van der Waals surface area (Å²) in [5, 5.41) is 44.1. The first kappa shape index (κ1) is 29.8. The molecule has 2 aromatic rings. The van der Waals surface area contributed by atoms with Gasteiger partial charge in [-0.2, -0.15) is 0 Å². The van der Waals surface area contributed by atoms with Crippen LogP contribution in [0.3, 0.4) is 0 Å². The quantitative estimate of drug-likeness (QED) is 0.274. The number of phenolic OH excluding ortho intramolecular Hbond substituents is 2. The molecule has 6 atom stereocenters. The van der Waals surface area contributed by atoms with Gasteiger partial charge in [0.05, 0.1) is 32.5 Å². The minimum absolute atomic E-state index is 0.0508. The molecule has 0 spiro atoms. The summed E-state index contributed by atoms with van der Waals surface area (Å²) in [5.41, 5.74) is 1.70. The fourth-order valence-corrected chi connectivity index (χ4v) is 5.73. The number of aliphatic carboxylic acids is 1. The van der Waals surface area contributed by atoms with Gasteiger partial charge in [0.1, 0.15) is 6.61 Å². The van der Waals surface area contributed by atoms with Crippen molar-refractivity contribution in [1.82, 2.24) is 5.32 Å². The number of aliphatic hydroxyl groups is 1. The molecule has 2 heterocycles. The van der Waals surface area contributed by atoms with E-state index in [-0.39, 0.29) is 60.1 Å². The highest BCUT2D eigenvalue weighted by Gasteiger charge is 2.32. The van der Waals surface area contributed by atoms with Gasteiger partial charge in [-0.1, -0.05) is 6.07 Å². The normalized spacial score (nSPS) is 26.7. The molecule has 10 nitrogen and oxygen atoms in total. The monoisotopic (exact) mass is 559 g/mol. The lowest BCUT2D eigenvalue weighted by Gasteiger charge is -2.36. The number of aliphatic hydroxyl groups excluding tert-OH is 1. The number of carboxylic acid groups (broad SMARTS) is 1. The molecule has 0 aromatic heterocycles. The second kappa shape index (κ2) is 13.4. The number of aromatic hydroxyl groups is 2. The first-order valence-electron chi connectivity index (χ1n) is 13.9. The van der Waals surface area contributed by atoms with E-state index in [1.54, 1.807) is 24.3 Å². The summed E-state index contributed by atoms with van der Waals surface area (Å²) in [7, 11) is 2.97. The Bertz CT molecular complexity index is 1160. The first-order chi connectivity index (χ1) is 19.2. The molecule has 0 bridgehead atoms. The fraction of sp³-hybridized carbons (Fsp3) is 0.567. The van der Waals surface area contributed by atoms with Crippen LogP contribution in [-0.2, 0) is 16.0 Å². The maximum Gasteiger partial charge on any atom is 0.303 e. The number of hydrogen-bond acceptors (Lipinski definition) is 9. The van der Waals surface area contributed by atoms with Crippen LogP contribution in [0, 0.1) is 5.92 Å². The van der Waals surface area contributed by atoms with Gasteiger partial charge in [0.2, 0.25) is 5.75 Å². The highest BCUT2D eigenvalue weighted by Crippen LogP contribution is 2.43. The van der Waals surface area contributed by atoms with E-state index in [2.05, 4.69) is 12.2 Å². The summed E-state index contributed by atoms with van der Waals surface area (Å²) in [6.07, 6.45) is 2.76. The number of hydrogen-bond donors (Lipinski definition) is 5. The Hall–Kier alpha value is -3.21. The van der Waals surface area contributed by atoms with Crippen molar-refractivity contribution in [2.75, 3.05) is 20.8 Å². The lowest BCUT2D eigenvalue weighted by atomic mass is 9.86. The highest BCUT2D eigenvalue weighted by atomic mass is 16.5. The van der Waals surface area contributed by atoms with Gasteiger partial charge in [-0.15, -0.1) is 0 Å². The first-order valence-corrected chi connectivity index (χ1v) is 13.9. The molecule has 0 aliphatic carbocycles. The fourth-order valence-electron chi connectivity index (χ4n) is 5.73. The van der Waals surface area contributed by atoms with Crippen molar-refractivity contribution in [3.63, 3.8) is 0 Å². The molecule has 5 N–H and O–H groups in total. The number of methoxy groups -OCH3 is 2. The highest BCUT2D eigenvalue weighted by molar-refractivity contribution is 5.67. The summed E-state index contributed by atoms with van der Waals surface area (Å²) in [4.78, 5) is 11.4. The van der Waals surface area contributed by atoms with Gasteiger partial charge in [0, 0.05) is 24.9 Å². The minimum Gasteiger partial charge on any atom is -0.504 e. The number of rotatable bonds is 11. The third-order valence-electron chi connectivity index (χ3n) is 7.92. The largest absolute Gasteiger partial charge is 0.504 e. The molecule has 0 saturated carbocycles. The van der Waals surface area contributed by atoms with E-state index < -0.39 is 18.2 Å². The molecule has 2 fully saturated rings. The molecule has 2 saturated heterocycles. The number of aryl methyl sites for hydroxylation is 1. The summed E-state index contributed by atoms with van der Waals surface area (Å²) in [6.45, 7) is 2.25. The molecule has 2 aliphatic heterocycles. The van der Waals surface area contributed by atoms with Crippen molar-refractivity contribution in [1.29, 1.82) is 0 Å². The average molecular weight is 560 g/mol. The minimum atomic E-state index is -0.843. The van der Waals surface area contributed by atoms with Crippen LogP contribution in [0.4, 0.5) is 0 Å². The van der Waals surface area contributed by atoms with Crippen LogP contribution in [0.1, 0.15) is 62.7 Å². The predicted molar refractivity (Wildman–Crippen MR) is 147 cm³/mol. The number of ether oxygens (including phenoxy) is 4. The van der Waals surface area contributed by atoms with Crippen molar-refractivity contribution >= 4 is 5.97 Å². The van der Waals surface area contributed by atoms with Gasteiger partial charge < -0.3 is 44.7 Å². The average Bonchev–Trinajstić information content (AvgIpc) is 2.92. The summed E-state index contributed by atoms with van der Waals surface area (Å²) in [6, 6.07) is 8.71. The Morgan fingerprint density at radius 1 is 1.05 bits per heavy atom. The number of benzene rings is 2. The van der Waals surface area contributed by atoms with Gasteiger partial charge in [-0.3, -0.25) is 4.79 Å². The van der Waals surface area contributed by atoms with Crippen LogP contribution in [0.25, 0.3) is 0 Å². The second-order valence-electron chi connectivity index (χ2n) is 10.9. The lowest BCUT2D eigenvalue weighted by Crippen LogP contribution is -2.50. The van der Waals surface area contributed by atoms with E-state index in [4.69, 9.17) is 18.9 Å². The zero-order valence-corrected chi connectivity index (χ0v) is 23.3. The van der Waals surface area contributed by atoms with Crippen LogP contribution in [0.15, 0.2) is 30.3 Å². The molecule has 40 heavy (non-hydrogen) atoms. The zero-order chi connectivity index (χ0) is 28.8. The van der Waals surface area contributed by atoms with Crippen molar-refractivity contribution < 1.29 is 44.2 Å². The smallest absolute Gasteiger partial charge is 0.303 e. The molecule has 2 aliphatic rings. The van der Waals surface area contributed by atoms with E-state index in [0.29, 0.717) is 37.0 Å².